The van der Waals surface area contributed by atoms with E-state index in [0.29, 0.717) is 30.3 Å². The highest BCUT2D eigenvalue weighted by Crippen LogP contribution is 2.46. The van der Waals surface area contributed by atoms with Gasteiger partial charge in [0.2, 0.25) is 5.91 Å². The molecule has 0 aromatic heterocycles. The van der Waals surface area contributed by atoms with Gasteiger partial charge in [0.1, 0.15) is 22.5 Å². The van der Waals surface area contributed by atoms with Crippen molar-refractivity contribution in [1.29, 1.82) is 0 Å². The molecule has 1 aliphatic rings. The van der Waals surface area contributed by atoms with E-state index in [-0.39, 0.29) is 11.3 Å². The fraction of sp³-hybridized carbons (Fsp3) is 0.556. The fourth-order valence-electron chi connectivity index (χ4n) is 2.65. The van der Waals surface area contributed by atoms with Gasteiger partial charge in [-0.15, -0.1) is 11.8 Å². The summed E-state index contributed by atoms with van der Waals surface area (Å²) in [5.74, 6) is 1.72. The number of carbonyl (C=O) groups excluding carboxylic acids is 2. The lowest BCUT2D eigenvalue weighted by Crippen LogP contribution is -2.39. The Bertz CT molecular complexity index is 637. The molecule has 0 bridgehead atoms. The van der Waals surface area contributed by atoms with Crippen molar-refractivity contribution >= 4 is 23.8 Å². The van der Waals surface area contributed by atoms with Crippen molar-refractivity contribution in [3.8, 4) is 11.5 Å². The molecule has 26 heavy (non-hydrogen) atoms. The number of carbonyl (C=O) groups is 2. The summed E-state index contributed by atoms with van der Waals surface area (Å²) in [5.41, 5.74) is 0.266. The highest BCUT2D eigenvalue weighted by Gasteiger charge is 2.36. The van der Waals surface area contributed by atoms with Crippen LogP contribution in [0.15, 0.2) is 18.2 Å². The number of nitrogens with one attached hydrogen (secondary N) is 1. The molecule has 1 heterocycles. The van der Waals surface area contributed by atoms with Gasteiger partial charge in [-0.1, -0.05) is 6.07 Å². The summed E-state index contributed by atoms with van der Waals surface area (Å²) in [6, 6.07) is 5.54. The number of nitrogens with zero attached hydrogens (tertiary/aromatic N) is 1. The van der Waals surface area contributed by atoms with Crippen LogP contribution in [0.1, 0.15) is 31.7 Å². The van der Waals surface area contributed by atoms with Crippen LogP contribution in [0.4, 0.5) is 4.79 Å². The molecule has 0 saturated carbocycles. The molecule has 1 saturated heterocycles. The second kappa shape index (κ2) is 8.53. The smallest absolute Gasteiger partial charge is 0.407 e. The van der Waals surface area contributed by atoms with Crippen molar-refractivity contribution < 1.29 is 23.8 Å². The Kier molecular flexibility index (Phi) is 6.63. The number of thioether (sulfide) groups is 1. The Hall–Kier alpha value is -2.09. The third-order valence-corrected chi connectivity index (χ3v) is 4.92. The first-order valence-corrected chi connectivity index (χ1v) is 9.40. The molecule has 1 aliphatic heterocycles. The zero-order chi connectivity index (χ0) is 19.3. The van der Waals surface area contributed by atoms with Crippen LogP contribution in [0.3, 0.4) is 0 Å². The Morgan fingerprint density at radius 1 is 1.27 bits per heavy atom. The topological polar surface area (TPSA) is 77.1 Å². The summed E-state index contributed by atoms with van der Waals surface area (Å²) in [4.78, 5) is 25.9. The number of hydrogen-bond donors (Lipinski definition) is 1. The van der Waals surface area contributed by atoms with E-state index in [1.807, 2.05) is 18.2 Å². The number of alkyl carbamates (subject to hydrolysis) is 1. The van der Waals surface area contributed by atoms with E-state index >= 15 is 0 Å². The average Bonchev–Trinajstić information content (AvgIpc) is 2.93. The van der Waals surface area contributed by atoms with Crippen LogP contribution in [0.2, 0.25) is 0 Å². The predicted octanol–water partition coefficient (Wildman–Crippen LogP) is 2.80. The molecule has 0 aliphatic carbocycles. The Morgan fingerprint density at radius 2 is 1.88 bits per heavy atom. The molecule has 2 rings (SSSR count). The Labute approximate surface area is 158 Å². The largest absolute Gasteiger partial charge is 0.496 e. The number of hydrogen-bond acceptors (Lipinski definition) is 6. The van der Waals surface area contributed by atoms with Crippen molar-refractivity contribution in [3.05, 3.63) is 23.8 Å². The molecule has 144 valence electrons. The van der Waals surface area contributed by atoms with Gasteiger partial charge in [-0.05, 0) is 32.9 Å². The number of methoxy groups -OCH3 is 2. The summed E-state index contributed by atoms with van der Waals surface area (Å²) in [6.45, 7) is 6.08. The minimum Gasteiger partial charge on any atom is -0.496 e. The van der Waals surface area contributed by atoms with E-state index in [2.05, 4.69) is 5.32 Å². The van der Waals surface area contributed by atoms with Gasteiger partial charge in [-0.2, -0.15) is 0 Å². The molecule has 0 radical (unpaired) electrons. The SMILES string of the molecule is COc1cccc(OC)c1C1SCC(=O)N1CCNC(=O)OC(C)(C)C. The van der Waals surface area contributed by atoms with Crippen LogP contribution in [0.25, 0.3) is 0 Å². The third-order valence-electron chi connectivity index (χ3n) is 3.70. The van der Waals surface area contributed by atoms with E-state index in [1.54, 1.807) is 39.9 Å². The molecule has 1 aromatic rings. The predicted molar refractivity (Wildman–Crippen MR) is 101 cm³/mol. The second-order valence-electron chi connectivity index (χ2n) is 6.76. The van der Waals surface area contributed by atoms with Crippen LogP contribution in [-0.4, -0.2) is 55.6 Å². The van der Waals surface area contributed by atoms with Gasteiger partial charge in [0, 0.05) is 13.1 Å². The zero-order valence-corrected chi connectivity index (χ0v) is 16.6. The third kappa shape index (κ3) is 4.97. The second-order valence-corrected chi connectivity index (χ2v) is 7.82. The van der Waals surface area contributed by atoms with Gasteiger partial charge in [0.15, 0.2) is 0 Å². The van der Waals surface area contributed by atoms with Crippen LogP contribution in [0.5, 0.6) is 11.5 Å². The lowest BCUT2D eigenvalue weighted by molar-refractivity contribution is -0.128. The lowest BCUT2D eigenvalue weighted by Gasteiger charge is -2.27. The maximum Gasteiger partial charge on any atom is 0.407 e. The normalized spacial score (nSPS) is 17.2. The maximum atomic E-state index is 12.3. The van der Waals surface area contributed by atoms with Crippen LogP contribution >= 0.6 is 11.8 Å². The monoisotopic (exact) mass is 382 g/mol. The molecular weight excluding hydrogens is 356 g/mol. The number of ether oxygens (including phenoxy) is 3. The minimum absolute atomic E-state index is 0.0129. The summed E-state index contributed by atoms with van der Waals surface area (Å²) in [6.07, 6.45) is -0.497. The minimum atomic E-state index is -0.559. The highest BCUT2D eigenvalue weighted by molar-refractivity contribution is 8.00. The first kappa shape index (κ1) is 20.2. The van der Waals surface area contributed by atoms with Crippen molar-refractivity contribution in [2.45, 2.75) is 31.7 Å². The molecule has 0 spiro atoms. The van der Waals surface area contributed by atoms with E-state index in [0.717, 1.165) is 5.56 Å². The summed E-state index contributed by atoms with van der Waals surface area (Å²) < 4.78 is 16.1. The maximum absolute atomic E-state index is 12.3. The van der Waals surface area contributed by atoms with Crippen molar-refractivity contribution in [2.75, 3.05) is 33.1 Å². The molecule has 1 atom stereocenters. The van der Waals surface area contributed by atoms with Gasteiger partial charge < -0.3 is 24.4 Å². The van der Waals surface area contributed by atoms with Gasteiger partial charge >= 0.3 is 6.09 Å². The van der Waals surface area contributed by atoms with Gasteiger partial charge in [0.05, 0.1) is 25.5 Å². The lowest BCUT2D eigenvalue weighted by atomic mass is 10.1. The number of amides is 2. The number of rotatable bonds is 6. The van der Waals surface area contributed by atoms with E-state index in [9.17, 15) is 9.59 Å². The molecule has 1 N–H and O–H groups in total. The summed E-state index contributed by atoms with van der Waals surface area (Å²) in [7, 11) is 3.18. The first-order valence-electron chi connectivity index (χ1n) is 8.35. The number of benzene rings is 1. The molecule has 7 nitrogen and oxygen atoms in total. The fourth-order valence-corrected chi connectivity index (χ4v) is 3.92. The van der Waals surface area contributed by atoms with E-state index in [4.69, 9.17) is 14.2 Å². The Morgan fingerprint density at radius 3 is 2.42 bits per heavy atom. The van der Waals surface area contributed by atoms with Crippen molar-refractivity contribution in [3.63, 3.8) is 0 Å². The van der Waals surface area contributed by atoms with E-state index < -0.39 is 11.7 Å². The van der Waals surface area contributed by atoms with Gasteiger partial charge in [-0.3, -0.25) is 4.79 Å². The summed E-state index contributed by atoms with van der Waals surface area (Å²) in [5, 5.41) is 2.46. The standard InChI is InChI=1S/C18H26N2O5S/c1-18(2,3)25-17(22)19-9-10-20-14(21)11-26-16(20)15-12(23-4)7-6-8-13(15)24-5/h6-8,16H,9-11H2,1-5H3,(H,19,22). The first-order chi connectivity index (χ1) is 12.3. The van der Waals surface area contributed by atoms with Gasteiger partial charge in [0.25, 0.3) is 0 Å². The quantitative estimate of drug-likeness (QED) is 0.815. The zero-order valence-electron chi connectivity index (χ0n) is 15.8. The highest BCUT2D eigenvalue weighted by atomic mass is 32.2. The van der Waals surface area contributed by atoms with Crippen LogP contribution < -0.4 is 14.8 Å². The van der Waals surface area contributed by atoms with Crippen molar-refractivity contribution in [2.24, 2.45) is 0 Å². The average molecular weight is 382 g/mol. The van der Waals surface area contributed by atoms with Crippen LogP contribution in [-0.2, 0) is 9.53 Å². The summed E-state index contributed by atoms with van der Waals surface area (Å²) >= 11 is 1.51. The van der Waals surface area contributed by atoms with Crippen LogP contribution in [0, 0.1) is 0 Å². The molecule has 8 heteroatoms. The molecular formula is C18H26N2O5S. The molecule has 2 amide bonds. The Balaban J connectivity index is 2.09. The van der Waals surface area contributed by atoms with Crippen molar-refractivity contribution in [1.82, 2.24) is 10.2 Å². The van der Waals surface area contributed by atoms with E-state index in [1.165, 1.54) is 11.8 Å². The molecule has 1 fully saturated rings. The molecule has 1 unspecified atom stereocenters. The molecule has 1 aromatic carbocycles. The van der Waals surface area contributed by atoms with Gasteiger partial charge in [-0.25, -0.2) is 4.79 Å².